The molecule has 27 heavy (non-hydrogen) atoms. The summed E-state index contributed by atoms with van der Waals surface area (Å²) in [5.74, 6) is -2.20. The van der Waals surface area contributed by atoms with Crippen LogP contribution in [0.15, 0.2) is 30.5 Å². The lowest BCUT2D eigenvalue weighted by Gasteiger charge is -2.25. The fraction of sp³-hybridized carbons (Fsp3) is 0.353. The number of hydrogen-bond donors (Lipinski definition) is 3. The number of aliphatic hydroxyl groups excluding tert-OH is 1. The van der Waals surface area contributed by atoms with E-state index in [1.54, 1.807) is 13.8 Å². The van der Waals surface area contributed by atoms with E-state index in [2.05, 4.69) is 10.4 Å². The summed E-state index contributed by atoms with van der Waals surface area (Å²) in [6.45, 7) is 3.34. The smallest absolute Gasteiger partial charge is 0.434 e. The van der Waals surface area contributed by atoms with E-state index in [1.807, 2.05) is 0 Å². The van der Waals surface area contributed by atoms with Gasteiger partial charge in [0.15, 0.2) is 5.69 Å². The Bertz CT molecular complexity index is 842. The summed E-state index contributed by atoms with van der Waals surface area (Å²) < 4.78 is 40.2. The Balaban J connectivity index is 2.34. The first-order chi connectivity index (χ1) is 12.5. The Labute approximate surface area is 152 Å². The van der Waals surface area contributed by atoms with Crippen molar-refractivity contribution in [1.82, 2.24) is 15.1 Å². The molecule has 0 spiro atoms. The van der Waals surface area contributed by atoms with E-state index < -0.39 is 34.8 Å². The van der Waals surface area contributed by atoms with Crippen LogP contribution in [0.1, 0.15) is 46.7 Å². The third-order valence-corrected chi connectivity index (χ3v) is 3.83. The average molecular weight is 385 g/mol. The molecule has 0 saturated carbocycles. The first-order valence-electron chi connectivity index (χ1n) is 7.88. The molecule has 0 aliphatic heterocycles. The highest BCUT2D eigenvalue weighted by Crippen LogP contribution is 2.33. The fourth-order valence-electron chi connectivity index (χ4n) is 2.45. The molecule has 1 heterocycles. The lowest BCUT2D eigenvalue weighted by molar-refractivity contribution is -0.143. The maximum absolute atomic E-state index is 13.2. The number of benzene rings is 1. The lowest BCUT2D eigenvalue weighted by Crippen LogP contribution is -2.44. The van der Waals surface area contributed by atoms with Gasteiger partial charge >= 0.3 is 12.1 Å². The second kappa shape index (κ2) is 7.39. The molecule has 146 valence electrons. The van der Waals surface area contributed by atoms with Gasteiger partial charge in [0.1, 0.15) is 5.56 Å². The number of aliphatic hydroxyl groups is 1. The minimum absolute atomic E-state index is 0.0407. The summed E-state index contributed by atoms with van der Waals surface area (Å²) in [5.41, 5.74) is -2.87. The zero-order valence-corrected chi connectivity index (χ0v) is 14.5. The first-order valence-corrected chi connectivity index (χ1v) is 7.88. The number of alkyl halides is 3. The maximum atomic E-state index is 13.2. The van der Waals surface area contributed by atoms with Gasteiger partial charge < -0.3 is 15.5 Å². The van der Waals surface area contributed by atoms with Gasteiger partial charge in [0.2, 0.25) is 0 Å². The van der Waals surface area contributed by atoms with Crippen molar-refractivity contribution in [3.8, 4) is 5.69 Å². The van der Waals surface area contributed by atoms with Crippen LogP contribution in [0.4, 0.5) is 13.2 Å². The van der Waals surface area contributed by atoms with Gasteiger partial charge in [-0.2, -0.15) is 18.3 Å². The molecule has 2 rings (SSSR count). The average Bonchev–Trinajstić information content (AvgIpc) is 3.00. The molecule has 0 saturated heterocycles. The largest absolute Gasteiger partial charge is 0.478 e. The first kappa shape index (κ1) is 20.4. The number of carboxylic acids is 1. The monoisotopic (exact) mass is 385 g/mol. The van der Waals surface area contributed by atoms with Gasteiger partial charge in [0, 0.05) is 17.7 Å². The molecule has 0 fully saturated rings. The number of carboxylic acid groups (broad SMARTS) is 1. The van der Waals surface area contributed by atoms with Crippen LogP contribution in [0.25, 0.3) is 5.69 Å². The van der Waals surface area contributed by atoms with E-state index in [1.165, 1.54) is 24.3 Å². The molecule has 0 aliphatic carbocycles. The SMILES string of the molecule is CC(C)(CCO)NC(=O)c1ccc(-n2ncc(C(=O)O)c2C(F)(F)F)cc1. The number of halogens is 3. The zero-order chi connectivity index (χ0) is 20.4. The van der Waals surface area contributed by atoms with Crippen molar-refractivity contribution >= 4 is 11.9 Å². The molecule has 0 bridgehead atoms. The molecule has 1 amide bonds. The van der Waals surface area contributed by atoms with Crippen LogP contribution in [0.2, 0.25) is 0 Å². The number of aromatic nitrogens is 2. The molecule has 0 unspecified atom stereocenters. The number of amides is 1. The van der Waals surface area contributed by atoms with E-state index in [0.29, 0.717) is 17.3 Å². The predicted octanol–water partition coefficient (Wildman–Crippen LogP) is 2.48. The number of rotatable bonds is 6. The highest BCUT2D eigenvalue weighted by atomic mass is 19.4. The lowest BCUT2D eigenvalue weighted by atomic mass is 10.0. The Kier molecular flexibility index (Phi) is 5.59. The molecule has 1 aromatic heterocycles. The molecule has 7 nitrogen and oxygen atoms in total. The molecule has 1 aromatic carbocycles. The molecule has 3 N–H and O–H groups in total. The zero-order valence-electron chi connectivity index (χ0n) is 14.5. The highest BCUT2D eigenvalue weighted by Gasteiger charge is 2.40. The van der Waals surface area contributed by atoms with Gasteiger partial charge in [0.05, 0.1) is 11.9 Å². The summed E-state index contributed by atoms with van der Waals surface area (Å²) in [7, 11) is 0. The van der Waals surface area contributed by atoms with Crippen molar-refractivity contribution in [3.05, 3.63) is 47.3 Å². The van der Waals surface area contributed by atoms with Crippen LogP contribution < -0.4 is 5.32 Å². The Morgan fingerprint density at radius 2 is 1.78 bits per heavy atom. The molecule has 10 heteroatoms. The molecule has 2 aromatic rings. The number of nitrogens with zero attached hydrogens (tertiary/aromatic N) is 2. The summed E-state index contributed by atoms with van der Waals surface area (Å²) in [6, 6.07) is 5.09. The second-order valence-corrected chi connectivity index (χ2v) is 6.48. The normalized spacial score (nSPS) is 12.1. The van der Waals surface area contributed by atoms with E-state index >= 15 is 0 Å². The van der Waals surface area contributed by atoms with E-state index in [-0.39, 0.29) is 17.9 Å². The number of hydrogen-bond acceptors (Lipinski definition) is 4. The number of carbonyl (C=O) groups is 2. The van der Waals surface area contributed by atoms with Gasteiger partial charge in [-0.15, -0.1) is 0 Å². The third kappa shape index (κ3) is 4.64. The third-order valence-electron chi connectivity index (χ3n) is 3.83. The summed E-state index contributed by atoms with van der Waals surface area (Å²) in [6.07, 6.45) is -3.96. The highest BCUT2D eigenvalue weighted by molar-refractivity contribution is 5.94. The molecule has 0 aliphatic rings. The van der Waals surface area contributed by atoms with Crippen LogP contribution in [-0.4, -0.2) is 44.0 Å². The number of aromatic carboxylic acids is 1. The summed E-state index contributed by atoms with van der Waals surface area (Å²) in [5, 5.41) is 24.1. The van der Waals surface area contributed by atoms with Crippen LogP contribution >= 0.6 is 0 Å². The van der Waals surface area contributed by atoms with Gasteiger partial charge in [-0.25, -0.2) is 9.48 Å². The molecule has 0 radical (unpaired) electrons. The van der Waals surface area contributed by atoms with Gasteiger partial charge in [-0.3, -0.25) is 4.79 Å². The minimum atomic E-state index is -4.92. The van der Waals surface area contributed by atoms with E-state index in [9.17, 15) is 22.8 Å². The van der Waals surface area contributed by atoms with Crippen LogP contribution in [-0.2, 0) is 6.18 Å². The maximum Gasteiger partial charge on any atom is 0.434 e. The Morgan fingerprint density at radius 1 is 1.19 bits per heavy atom. The van der Waals surface area contributed by atoms with E-state index in [4.69, 9.17) is 10.2 Å². The van der Waals surface area contributed by atoms with Gasteiger partial charge in [-0.1, -0.05) is 0 Å². The van der Waals surface area contributed by atoms with Crippen molar-refractivity contribution in [1.29, 1.82) is 0 Å². The molecule has 0 atom stereocenters. The minimum Gasteiger partial charge on any atom is -0.478 e. The standard InChI is InChI=1S/C17H18F3N3O4/c1-16(2,7-8-24)22-14(25)10-3-5-11(6-4-10)23-13(17(18,19)20)12(9-21-23)15(26)27/h3-6,9,24H,7-8H2,1-2H3,(H,22,25)(H,26,27). The summed E-state index contributed by atoms with van der Waals surface area (Å²) >= 11 is 0. The van der Waals surface area contributed by atoms with Gasteiger partial charge in [0.25, 0.3) is 5.91 Å². The number of nitrogens with one attached hydrogen (secondary N) is 1. The van der Waals surface area contributed by atoms with Crippen molar-refractivity contribution in [2.45, 2.75) is 32.0 Å². The van der Waals surface area contributed by atoms with Crippen LogP contribution in [0.3, 0.4) is 0 Å². The topological polar surface area (TPSA) is 104 Å². The van der Waals surface area contributed by atoms with Crippen molar-refractivity contribution in [2.75, 3.05) is 6.61 Å². The van der Waals surface area contributed by atoms with E-state index in [0.717, 1.165) is 0 Å². The Morgan fingerprint density at radius 3 is 2.26 bits per heavy atom. The second-order valence-electron chi connectivity index (χ2n) is 6.48. The van der Waals surface area contributed by atoms with Gasteiger partial charge in [-0.05, 0) is 44.5 Å². The Hall–Kier alpha value is -2.88. The quantitative estimate of drug-likeness (QED) is 0.709. The fourth-order valence-corrected chi connectivity index (χ4v) is 2.45. The number of carbonyl (C=O) groups excluding carboxylic acids is 1. The van der Waals surface area contributed by atoms with Crippen molar-refractivity contribution < 1.29 is 33.0 Å². The summed E-state index contributed by atoms with van der Waals surface area (Å²) in [4.78, 5) is 23.2. The molecular formula is C17H18F3N3O4. The molecular weight excluding hydrogens is 367 g/mol. The van der Waals surface area contributed by atoms with Crippen LogP contribution in [0.5, 0.6) is 0 Å². The van der Waals surface area contributed by atoms with Crippen molar-refractivity contribution in [3.63, 3.8) is 0 Å². The predicted molar refractivity (Wildman–Crippen MR) is 88.8 cm³/mol. The van der Waals surface area contributed by atoms with Crippen molar-refractivity contribution in [2.24, 2.45) is 0 Å². The van der Waals surface area contributed by atoms with Crippen LogP contribution in [0, 0.1) is 0 Å².